The number of aromatic nitrogens is 2. The summed E-state index contributed by atoms with van der Waals surface area (Å²) in [5, 5.41) is 0. The van der Waals surface area contributed by atoms with E-state index in [4.69, 9.17) is 0 Å². The van der Waals surface area contributed by atoms with E-state index in [1.165, 1.54) is 6.07 Å². The Labute approximate surface area is 64.9 Å². The first-order valence-electron chi connectivity index (χ1n) is 3.28. The van der Waals surface area contributed by atoms with Crippen molar-refractivity contribution < 1.29 is 4.39 Å². The minimum atomic E-state index is -0.485. The van der Waals surface area contributed by atoms with E-state index in [1.54, 1.807) is 25.9 Å². The number of nitrogens with zero attached hydrogens (tertiary/aromatic N) is 3. The Morgan fingerprint density at radius 1 is 1.36 bits per heavy atom. The lowest BCUT2D eigenvalue weighted by Crippen LogP contribution is -2.13. The smallest absolute Gasteiger partial charge is 0.227 e. The predicted molar refractivity (Wildman–Crippen MR) is 41.1 cm³/mol. The highest BCUT2D eigenvalue weighted by molar-refractivity contribution is 5.27. The molecule has 0 fully saturated rings. The van der Waals surface area contributed by atoms with Crippen molar-refractivity contribution in [1.82, 2.24) is 9.97 Å². The second-order valence-corrected chi connectivity index (χ2v) is 2.53. The number of rotatable bonds is 1. The molecule has 1 heterocycles. The van der Waals surface area contributed by atoms with E-state index < -0.39 is 5.95 Å². The zero-order valence-electron chi connectivity index (χ0n) is 6.80. The highest BCUT2D eigenvalue weighted by atomic mass is 19.1. The molecule has 11 heavy (non-hydrogen) atoms. The minimum Gasteiger partial charge on any atom is -0.347 e. The van der Waals surface area contributed by atoms with Crippen molar-refractivity contribution in [3.05, 3.63) is 17.7 Å². The number of hydrogen-bond acceptors (Lipinski definition) is 3. The fraction of sp³-hybridized carbons (Fsp3) is 0.429. The molecule has 0 radical (unpaired) electrons. The van der Waals surface area contributed by atoms with Gasteiger partial charge in [0.2, 0.25) is 11.9 Å². The second-order valence-electron chi connectivity index (χ2n) is 2.53. The maximum absolute atomic E-state index is 12.6. The summed E-state index contributed by atoms with van der Waals surface area (Å²) in [5.41, 5.74) is 0.640. The maximum atomic E-state index is 12.6. The van der Waals surface area contributed by atoms with E-state index in [0.717, 1.165) is 0 Å². The molecule has 4 heteroatoms. The van der Waals surface area contributed by atoms with Gasteiger partial charge in [0.1, 0.15) is 0 Å². The highest BCUT2D eigenvalue weighted by Crippen LogP contribution is 2.05. The molecule has 0 unspecified atom stereocenters. The summed E-state index contributed by atoms with van der Waals surface area (Å²) in [4.78, 5) is 9.25. The minimum absolute atomic E-state index is 0.405. The van der Waals surface area contributed by atoms with Crippen LogP contribution in [0, 0.1) is 12.9 Å². The first-order chi connectivity index (χ1) is 5.09. The van der Waals surface area contributed by atoms with Crippen LogP contribution in [0.2, 0.25) is 0 Å². The molecular formula is C7H10FN3. The van der Waals surface area contributed by atoms with E-state index in [0.29, 0.717) is 11.6 Å². The molecule has 0 atom stereocenters. The van der Waals surface area contributed by atoms with Gasteiger partial charge in [0.05, 0.1) is 0 Å². The molecule has 0 spiro atoms. The number of anilines is 1. The van der Waals surface area contributed by atoms with Gasteiger partial charge in [-0.15, -0.1) is 0 Å². The molecule has 1 aromatic heterocycles. The standard InChI is InChI=1S/C7H10FN3/c1-5-4-6(8)10-7(9-5)11(2)3/h4H,1-3H3. The second kappa shape index (κ2) is 2.82. The Morgan fingerprint density at radius 3 is 2.45 bits per heavy atom. The van der Waals surface area contributed by atoms with E-state index in [2.05, 4.69) is 9.97 Å². The summed E-state index contributed by atoms with van der Waals surface area (Å²) in [6.45, 7) is 1.73. The third-order valence-corrected chi connectivity index (χ3v) is 1.21. The molecule has 0 aromatic carbocycles. The molecule has 60 valence electrons. The van der Waals surface area contributed by atoms with Crippen LogP contribution in [-0.4, -0.2) is 24.1 Å². The molecule has 1 aromatic rings. The number of aryl methyl sites for hydroxylation is 1. The monoisotopic (exact) mass is 155 g/mol. The number of hydrogen-bond donors (Lipinski definition) is 0. The summed E-state index contributed by atoms with van der Waals surface area (Å²) in [6, 6.07) is 1.30. The quantitative estimate of drug-likeness (QED) is 0.566. The summed E-state index contributed by atoms with van der Waals surface area (Å²) in [6.07, 6.45) is 0. The van der Waals surface area contributed by atoms with Gasteiger partial charge in [0.15, 0.2) is 0 Å². The Hall–Kier alpha value is -1.19. The Balaban J connectivity index is 3.08. The van der Waals surface area contributed by atoms with Crippen LogP contribution in [0.1, 0.15) is 5.69 Å². The SMILES string of the molecule is Cc1cc(F)nc(N(C)C)n1. The average molecular weight is 155 g/mol. The highest BCUT2D eigenvalue weighted by Gasteiger charge is 2.01. The van der Waals surface area contributed by atoms with Gasteiger partial charge < -0.3 is 4.90 Å². The Kier molecular flexibility index (Phi) is 2.03. The zero-order valence-corrected chi connectivity index (χ0v) is 6.80. The van der Waals surface area contributed by atoms with Crippen LogP contribution in [0.25, 0.3) is 0 Å². The Morgan fingerprint density at radius 2 is 2.00 bits per heavy atom. The molecule has 0 N–H and O–H groups in total. The summed E-state index contributed by atoms with van der Waals surface area (Å²) >= 11 is 0. The average Bonchev–Trinajstić information content (AvgIpc) is 1.85. The first-order valence-corrected chi connectivity index (χ1v) is 3.28. The largest absolute Gasteiger partial charge is 0.347 e. The van der Waals surface area contributed by atoms with Crippen molar-refractivity contribution >= 4 is 5.95 Å². The van der Waals surface area contributed by atoms with Crippen LogP contribution >= 0.6 is 0 Å². The summed E-state index contributed by atoms with van der Waals surface area (Å²) in [5.74, 6) is -0.0799. The van der Waals surface area contributed by atoms with Crippen LogP contribution in [0.4, 0.5) is 10.3 Å². The van der Waals surface area contributed by atoms with Crippen molar-refractivity contribution in [3.8, 4) is 0 Å². The van der Waals surface area contributed by atoms with E-state index >= 15 is 0 Å². The lowest BCUT2D eigenvalue weighted by Gasteiger charge is -2.09. The van der Waals surface area contributed by atoms with Gasteiger partial charge in [-0.3, -0.25) is 0 Å². The van der Waals surface area contributed by atoms with Gasteiger partial charge in [-0.05, 0) is 6.92 Å². The van der Waals surface area contributed by atoms with Crippen LogP contribution in [-0.2, 0) is 0 Å². The van der Waals surface area contributed by atoms with Gasteiger partial charge in [-0.1, -0.05) is 0 Å². The summed E-state index contributed by atoms with van der Waals surface area (Å²) in [7, 11) is 3.54. The predicted octanol–water partition coefficient (Wildman–Crippen LogP) is 0.990. The van der Waals surface area contributed by atoms with Crippen LogP contribution in [0.3, 0.4) is 0 Å². The van der Waals surface area contributed by atoms with Crippen LogP contribution in [0.15, 0.2) is 6.07 Å². The lowest BCUT2D eigenvalue weighted by atomic mass is 10.4. The molecular weight excluding hydrogens is 145 g/mol. The van der Waals surface area contributed by atoms with Gasteiger partial charge in [0, 0.05) is 25.9 Å². The van der Waals surface area contributed by atoms with Crippen LogP contribution in [0.5, 0.6) is 0 Å². The number of halogens is 1. The van der Waals surface area contributed by atoms with Crippen molar-refractivity contribution in [3.63, 3.8) is 0 Å². The zero-order chi connectivity index (χ0) is 8.43. The van der Waals surface area contributed by atoms with Crippen molar-refractivity contribution in [1.29, 1.82) is 0 Å². The maximum Gasteiger partial charge on any atom is 0.227 e. The van der Waals surface area contributed by atoms with E-state index in [9.17, 15) is 4.39 Å². The summed E-state index contributed by atoms with van der Waals surface area (Å²) < 4.78 is 12.6. The van der Waals surface area contributed by atoms with Crippen molar-refractivity contribution in [2.24, 2.45) is 0 Å². The molecule has 1 rings (SSSR count). The van der Waals surface area contributed by atoms with Crippen molar-refractivity contribution in [2.45, 2.75) is 6.92 Å². The molecule has 0 aliphatic rings. The van der Waals surface area contributed by atoms with Crippen molar-refractivity contribution in [2.75, 3.05) is 19.0 Å². The molecule has 0 bridgehead atoms. The molecule has 0 saturated heterocycles. The Bertz CT molecular complexity index is 240. The van der Waals surface area contributed by atoms with Gasteiger partial charge in [-0.25, -0.2) is 4.98 Å². The molecule has 0 amide bonds. The fourth-order valence-electron chi connectivity index (χ4n) is 0.715. The molecule has 0 aliphatic heterocycles. The normalized spacial score (nSPS) is 9.82. The first kappa shape index (κ1) is 7.91. The molecule has 3 nitrogen and oxygen atoms in total. The molecule has 0 saturated carbocycles. The third-order valence-electron chi connectivity index (χ3n) is 1.21. The van der Waals surface area contributed by atoms with E-state index in [1.807, 2.05) is 0 Å². The third kappa shape index (κ3) is 1.86. The lowest BCUT2D eigenvalue weighted by molar-refractivity contribution is 0.577. The van der Waals surface area contributed by atoms with E-state index in [-0.39, 0.29) is 0 Å². The molecule has 0 aliphatic carbocycles. The van der Waals surface area contributed by atoms with Gasteiger partial charge >= 0.3 is 0 Å². The van der Waals surface area contributed by atoms with Crippen LogP contribution < -0.4 is 4.90 Å². The van der Waals surface area contributed by atoms with Gasteiger partial charge in [0.25, 0.3) is 0 Å². The topological polar surface area (TPSA) is 29.0 Å². The van der Waals surface area contributed by atoms with Gasteiger partial charge in [-0.2, -0.15) is 9.37 Å². The fourth-order valence-corrected chi connectivity index (χ4v) is 0.715.